The van der Waals surface area contributed by atoms with Crippen LogP contribution in [0.15, 0.2) is 36.8 Å². The van der Waals surface area contributed by atoms with E-state index in [1.807, 2.05) is 12.4 Å². The fraction of sp³-hybridized carbons (Fsp3) is 0.412. The highest BCUT2D eigenvalue weighted by molar-refractivity contribution is 5.80. The molecule has 0 aliphatic carbocycles. The Balaban J connectivity index is 1.69. The topological polar surface area (TPSA) is 49.7 Å². The highest BCUT2D eigenvalue weighted by atomic mass is 15.1. The van der Waals surface area contributed by atoms with E-state index in [0.29, 0.717) is 5.92 Å². The Hall–Kier alpha value is -2.14. The number of piperidine rings is 1. The normalized spacial score (nSPS) is 19.8. The maximum Gasteiger partial charge on any atom is 0.117 e. The highest BCUT2D eigenvalue weighted by Crippen LogP contribution is 2.28. The van der Waals surface area contributed by atoms with Crippen LogP contribution in [0, 0.1) is 0 Å². The van der Waals surface area contributed by atoms with Gasteiger partial charge in [-0.2, -0.15) is 5.10 Å². The van der Waals surface area contributed by atoms with Crippen LogP contribution in [0.1, 0.15) is 31.5 Å². The van der Waals surface area contributed by atoms with Gasteiger partial charge in [-0.1, -0.05) is 6.92 Å². The predicted molar refractivity (Wildman–Crippen MR) is 87.3 cm³/mol. The van der Waals surface area contributed by atoms with E-state index in [9.17, 15) is 0 Å². The Kier molecular flexibility index (Phi) is 3.42. The largest absolute Gasteiger partial charge is 0.303 e. The van der Waals surface area contributed by atoms with Crippen molar-refractivity contribution >= 4 is 10.9 Å². The first kappa shape index (κ1) is 13.5. The summed E-state index contributed by atoms with van der Waals surface area (Å²) in [5, 5.41) is 8.28. The number of H-pyrrole nitrogens is 1. The van der Waals surface area contributed by atoms with Gasteiger partial charge in [0, 0.05) is 35.9 Å². The quantitative estimate of drug-likeness (QED) is 0.808. The third-order valence-corrected chi connectivity index (χ3v) is 4.69. The summed E-state index contributed by atoms with van der Waals surface area (Å²) >= 11 is 0. The number of fused-ring (bicyclic) bond motifs is 1. The summed E-state index contributed by atoms with van der Waals surface area (Å²) in [4.78, 5) is 7.18. The van der Waals surface area contributed by atoms with Crippen LogP contribution in [0.4, 0.5) is 0 Å². The monoisotopic (exact) mass is 295 g/mol. The summed E-state index contributed by atoms with van der Waals surface area (Å²) < 4.78 is 2.23. The van der Waals surface area contributed by atoms with Crippen molar-refractivity contribution in [1.29, 1.82) is 0 Å². The number of aromatic nitrogens is 4. The molecule has 0 saturated carbocycles. The van der Waals surface area contributed by atoms with Crippen LogP contribution < -0.4 is 0 Å². The summed E-state index contributed by atoms with van der Waals surface area (Å²) in [5.41, 5.74) is 2.22. The zero-order valence-electron chi connectivity index (χ0n) is 12.9. The minimum atomic E-state index is 0.515. The molecule has 1 aliphatic heterocycles. The molecule has 2 aromatic heterocycles. The molecule has 1 saturated heterocycles. The molecule has 1 aliphatic rings. The van der Waals surface area contributed by atoms with E-state index in [1.54, 1.807) is 0 Å². The molecule has 114 valence electrons. The van der Waals surface area contributed by atoms with Gasteiger partial charge < -0.3 is 9.47 Å². The average Bonchev–Trinajstić information content (AvgIpc) is 3.23. The van der Waals surface area contributed by atoms with E-state index >= 15 is 0 Å². The van der Waals surface area contributed by atoms with Crippen molar-refractivity contribution in [2.24, 2.45) is 0 Å². The lowest BCUT2D eigenvalue weighted by Crippen LogP contribution is -2.35. The van der Waals surface area contributed by atoms with E-state index in [2.05, 4.69) is 56.0 Å². The highest BCUT2D eigenvalue weighted by Gasteiger charge is 2.24. The lowest BCUT2D eigenvalue weighted by atomic mass is 9.97. The van der Waals surface area contributed by atoms with Crippen LogP contribution in [-0.2, 0) is 0 Å². The van der Waals surface area contributed by atoms with Crippen molar-refractivity contribution in [3.63, 3.8) is 0 Å². The second-order valence-electron chi connectivity index (χ2n) is 6.03. The standard InChI is InChI=1S/C17H21N5/c1-2-21-8-3-4-14(12-21)17-18-7-9-22(17)15-6-5-13-11-19-20-16(13)10-15/h5-7,9-11,14H,2-4,8,12H2,1H3,(H,19,20)/t14-/m0/s1. The summed E-state index contributed by atoms with van der Waals surface area (Å²) in [6.45, 7) is 5.69. The van der Waals surface area contributed by atoms with Crippen LogP contribution in [0.3, 0.4) is 0 Å². The number of nitrogens with one attached hydrogen (secondary N) is 1. The Bertz CT molecular complexity index is 772. The number of hydrogen-bond acceptors (Lipinski definition) is 3. The maximum atomic E-state index is 4.66. The van der Waals surface area contributed by atoms with Gasteiger partial charge in [0.15, 0.2) is 0 Å². The van der Waals surface area contributed by atoms with Gasteiger partial charge in [-0.05, 0) is 44.1 Å². The lowest BCUT2D eigenvalue weighted by Gasteiger charge is -2.31. The van der Waals surface area contributed by atoms with Gasteiger partial charge in [0.2, 0.25) is 0 Å². The second-order valence-corrected chi connectivity index (χ2v) is 6.03. The van der Waals surface area contributed by atoms with Gasteiger partial charge in [-0.25, -0.2) is 4.98 Å². The minimum absolute atomic E-state index is 0.515. The Morgan fingerprint density at radius 1 is 1.36 bits per heavy atom. The van der Waals surface area contributed by atoms with Crippen molar-refractivity contribution in [2.45, 2.75) is 25.7 Å². The van der Waals surface area contributed by atoms with Crippen molar-refractivity contribution in [2.75, 3.05) is 19.6 Å². The van der Waals surface area contributed by atoms with Gasteiger partial charge in [0.1, 0.15) is 5.82 Å². The molecule has 5 nitrogen and oxygen atoms in total. The number of likely N-dealkylation sites (tertiary alicyclic amines) is 1. The van der Waals surface area contributed by atoms with Crippen LogP contribution in [0.2, 0.25) is 0 Å². The molecule has 1 fully saturated rings. The van der Waals surface area contributed by atoms with Crippen LogP contribution in [-0.4, -0.2) is 44.3 Å². The Morgan fingerprint density at radius 3 is 3.23 bits per heavy atom. The molecule has 5 heteroatoms. The molecule has 0 amide bonds. The predicted octanol–water partition coefficient (Wildman–Crippen LogP) is 2.95. The first-order chi connectivity index (χ1) is 10.8. The molecule has 3 heterocycles. The molecule has 4 rings (SSSR count). The van der Waals surface area contributed by atoms with E-state index in [-0.39, 0.29) is 0 Å². The molecular formula is C17H21N5. The van der Waals surface area contributed by atoms with Crippen LogP contribution in [0.5, 0.6) is 0 Å². The number of likely N-dealkylation sites (N-methyl/N-ethyl adjacent to an activating group) is 1. The zero-order valence-corrected chi connectivity index (χ0v) is 12.9. The van der Waals surface area contributed by atoms with E-state index < -0.39 is 0 Å². The number of nitrogens with zero attached hydrogens (tertiary/aromatic N) is 4. The Labute approximate surface area is 130 Å². The number of aromatic amines is 1. The molecule has 1 N–H and O–H groups in total. The first-order valence-electron chi connectivity index (χ1n) is 8.04. The van der Waals surface area contributed by atoms with E-state index in [0.717, 1.165) is 29.7 Å². The fourth-order valence-corrected chi connectivity index (χ4v) is 3.46. The van der Waals surface area contributed by atoms with Gasteiger partial charge >= 0.3 is 0 Å². The summed E-state index contributed by atoms with van der Waals surface area (Å²) in [5.74, 6) is 1.69. The minimum Gasteiger partial charge on any atom is -0.303 e. The Morgan fingerprint density at radius 2 is 2.32 bits per heavy atom. The zero-order chi connectivity index (χ0) is 14.9. The molecule has 22 heavy (non-hydrogen) atoms. The van der Waals surface area contributed by atoms with Gasteiger partial charge in [-0.3, -0.25) is 5.10 Å². The van der Waals surface area contributed by atoms with Crippen molar-refractivity contribution in [3.8, 4) is 5.69 Å². The van der Waals surface area contributed by atoms with Crippen molar-refractivity contribution < 1.29 is 0 Å². The molecule has 0 spiro atoms. The van der Waals surface area contributed by atoms with E-state index in [1.165, 1.54) is 25.2 Å². The van der Waals surface area contributed by atoms with Gasteiger partial charge in [0.25, 0.3) is 0 Å². The van der Waals surface area contributed by atoms with Crippen molar-refractivity contribution in [1.82, 2.24) is 24.6 Å². The molecule has 1 aromatic carbocycles. The molecular weight excluding hydrogens is 274 g/mol. The average molecular weight is 295 g/mol. The second kappa shape index (κ2) is 5.57. The summed E-state index contributed by atoms with van der Waals surface area (Å²) in [6, 6.07) is 6.40. The third-order valence-electron chi connectivity index (χ3n) is 4.69. The van der Waals surface area contributed by atoms with Crippen LogP contribution in [0.25, 0.3) is 16.6 Å². The van der Waals surface area contributed by atoms with Gasteiger partial charge in [-0.15, -0.1) is 0 Å². The number of benzene rings is 1. The summed E-state index contributed by atoms with van der Waals surface area (Å²) in [7, 11) is 0. The molecule has 3 aromatic rings. The smallest absolute Gasteiger partial charge is 0.117 e. The molecule has 0 radical (unpaired) electrons. The number of imidazole rings is 1. The lowest BCUT2D eigenvalue weighted by molar-refractivity contribution is 0.213. The molecule has 0 bridgehead atoms. The number of hydrogen-bond donors (Lipinski definition) is 1. The number of rotatable bonds is 3. The van der Waals surface area contributed by atoms with Crippen molar-refractivity contribution in [3.05, 3.63) is 42.6 Å². The van der Waals surface area contributed by atoms with E-state index in [4.69, 9.17) is 0 Å². The first-order valence-corrected chi connectivity index (χ1v) is 8.04. The van der Waals surface area contributed by atoms with Gasteiger partial charge in [0.05, 0.1) is 11.7 Å². The third kappa shape index (κ3) is 2.31. The summed E-state index contributed by atoms with van der Waals surface area (Å²) in [6.07, 6.45) is 8.31. The maximum absolute atomic E-state index is 4.66. The molecule has 0 unspecified atom stereocenters. The molecule has 1 atom stereocenters. The van der Waals surface area contributed by atoms with Crippen LogP contribution >= 0.6 is 0 Å². The SMILES string of the molecule is CCN1CCC[C@H](c2nccn2-c2ccc3cn[nH]c3c2)C1. The fourth-order valence-electron chi connectivity index (χ4n) is 3.46.